The zero-order chi connectivity index (χ0) is 16.1. The maximum absolute atomic E-state index is 12.1. The summed E-state index contributed by atoms with van der Waals surface area (Å²) in [5.41, 5.74) is 2.90. The number of hydrogen-bond acceptors (Lipinski definition) is 4. The summed E-state index contributed by atoms with van der Waals surface area (Å²) in [5.74, 6) is 0.336. The first kappa shape index (κ1) is 16.5. The molecule has 0 bridgehead atoms. The van der Waals surface area contributed by atoms with Gasteiger partial charge in [-0.3, -0.25) is 4.79 Å². The van der Waals surface area contributed by atoms with Gasteiger partial charge in [0.2, 0.25) is 5.91 Å². The number of halogens is 1. The molecular weight excluding hydrogens is 439 g/mol. The van der Waals surface area contributed by atoms with Crippen molar-refractivity contribution in [1.82, 2.24) is 4.98 Å². The first-order valence-corrected chi connectivity index (χ1v) is 9.85. The number of rotatable bonds is 5. The highest BCUT2D eigenvalue weighted by Crippen LogP contribution is 2.28. The quantitative estimate of drug-likeness (QED) is 0.430. The fraction of sp³-hybridized carbons (Fsp3) is 0.0588. The summed E-state index contributed by atoms with van der Waals surface area (Å²) in [4.78, 5) is 16.6. The lowest BCUT2D eigenvalue weighted by Gasteiger charge is -2.06. The number of thioether (sulfide) groups is 1. The first-order chi connectivity index (χ1) is 11.2. The standard InChI is InChI=1S/C17H13IN2OS2/c18-13-8-4-5-9-14(13)19-16(21)11-23-17-20-15(10-22-17)12-6-2-1-3-7-12/h1-10H,11H2,(H,19,21). The van der Waals surface area contributed by atoms with Crippen LogP contribution in [-0.2, 0) is 4.79 Å². The Morgan fingerprint density at radius 2 is 1.87 bits per heavy atom. The lowest BCUT2D eigenvalue weighted by molar-refractivity contribution is -0.113. The zero-order valence-electron chi connectivity index (χ0n) is 12.0. The second-order valence-corrected chi connectivity index (χ2v) is 7.92. The Hall–Kier alpha value is -1.38. The largest absolute Gasteiger partial charge is 0.324 e. The molecule has 0 radical (unpaired) electrons. The normalized spacial score (nSPS) is 10.5. The number of anilines is 1. The lowest BCUT2D eigenvalue weighted by atomic mass is 10.2. The van der Waals surface area contributed by atoms with E-state index >= 15 is 0 Å². The van der Waals surface area contributed by atoms with Crippen LogP contribution in [0.25, 0.3) is 11.3 Å². The van der Waals surface area contributed by atoms with Gasteiger partial charge >= 0.3 is 0 Å². The Balaban J connectivity index is 1.58. The van der Waals surface area contributed by atoms with Gasteiger partial charge in [-0.2, -0.15) is 0 Å². The average molecular weight is 452 g/mol. The van der Waals surface area contributed by atoms with E-state index in [2.05, 4.69) is 32.9 Å². The van der Waals surface area contributed by atoms with Gasteiger partial charge in [0.1, 0.15) is 0 Å². The van der Waals surface area contributed by atoms with Crippen LogP contribution in [0, 0.1) is 3.57 Å². The van der Waals surface area contributed by atoms with Crippen LogP contribution < -0.4 is 5.32 Å². The highest BCUT2D eigenvalue weighted by Gasteiger charge is 2.09. The summed E-state index contributed by atoms with van der Waals surface area (Å²) in [7, 11) is 0. The predicted octanol–water partition coefficient (Wildman–Crippen LogP) is 5.15. The summed E-state index contributed by atoms with van der Waals surface area (Å²) >= 11 is 5.24. The second-order valence-electron chi connectivity index (χ2n) is 4.68. The number of aromatic nitrogens is 1. The lowest BCUT2D eigenvalue weighted by Crippen LogP contribution is -2.14. The third-order valence-corrected chi connectivity index (χ3v) is 5.99. The van der Waals surface area contributed by atoms with E-state index in [-0.39, 0.29) is 5.91 Å². The molecule has 1 amide bonds. The van der Waals surface area contributed by atoms with Crippen molar-refractivity contribution in [3.63, 3.8) is 0 Å². The van der Waals surface area contributed by atoms with Crippen LogP contribution >= 0.6 is 45.7 Å². The molecule has 1 N–H and O–H groups in total. The van der Waals surface area contributed by atoms with Gasteiger partial charge in [-0.05, 0) is 34.7 Å². The molecule has 116 valence electrons. The number of thiazole rings is 1. The van der Waals surface area contributed by atoms with Crippen molar-refractivity contribution in [2.45, 2.75) is 4.34 Å². The number of hydrogen-bond donors (Lipinski definition) is 1. The minimum absolute atomic E-state index is 0.0180. The molecule has 0 unspecified atom stereocenters. The highest BCUT2D eigenvalue weighted by atomic mass is 127. The molecule has 0 saturated carbocycles. The Morgan fingerprint density at radius 3 is 2.65 bits per heavy atom. The van der Waals surface area contributed by atoms with Crippen LogP contribution in [0.5, 0.6) is 0 Å². The Labute approximate surface area is 156 Å². The molecule has 3 aromatic rings. The van der Waals surface area contributed by atoms with Gasteiger partial charge < -0.3 is 5.32 Å². The fourth-order valence-corrected chi connectivity index (χ4v) is 4.10. The van der Waals surface area contributed by atoms with Crippen LogP contribution in [0.3, 0.4) is 0 Å². The summed E-state index contributed by atoms with van der Waals surface area (Å²) in [6.45, 7) is 0. The van der Waals surface area contributed by atoms with Crippen molar-refractivity contribution in [2.24, 2.45) is 0 Å². The molecule has 0 atom stereocenters. The van der Waals surface area contributed by atoms with Gasteiger partial charge in [0.05, 0.1) is 17.1 Å². The molecule has 0 fully saturated rings. The van der Waals surface area contributed by atoms with Crippen LogP contribution in [0.15, 0.2) is 64.3 Å². The van der Waals surface area contributed by atoms with Gasteiger partial charge in [0, 0.05) is 14.5 Å². The van der Waals surface area contributed by atoms with Crippen molar-refractivity contribution < 1.29 is 4.79 Å². The summed E-state index contributed by atoms with van der Waals surface area (Å²) in [5, 5.41) is 4.95. The van der Waals surface area contributed by atoms with Crippen LogP contribution in [0.4, 0.5) is 5.69 Å². The number of carbonyl (C=O) groups is 1. The second kappa shape index (κ2) is 7.94. The number of benzene rings is 2. The van der Waals surface area contributed by atoms with Gasteiger partial charge in [0.25, 0.3) is 0 Å². The predicted molar refractivity (Wildman–Crippen MR) is 106 cm³/mol. The molecule has 1 aromatic heterocycles. The topological polar surface area (TPSA) is 42.0 Å². The van der Waals surface area contributed by atoms with Crippen LogP contribution in [0.1, 0.15) is 0 Å². The van der Waals surface area contributed by atoms with E-state index < -0.39 is 0 Å². The van der Waals surface area contributed by atoms with E-state index in [0.717, 1.165) is 24.9 Å². The molecule has 23 heavy (non-hydrogen) atoms. The maximum Gasteiger partial charge on any atom is 0.234 e. The highest BCUT2D eigenvalue weighted by molar-refractivity contribution is 14.1. The number of para-hydroxylation sites is 1. The molecule has 6 heteroatoms. The molecule has 2 aromatic carbocycles. The third kappa shape index (κ3) is 4.55. The molecule has 0 saturated heterocycles. The Bertz CT molecular complexity index is 805. The number of nitrogens with zero attached hydrogens (tertiary/aromatic N) is 1. The monoisotopic (exact) mass is 452 g/mol. The zero-order valence-corrected chi connectivity index (χ0v) is 15.8. The minimum Gasteiger partial charge on any atom is -0.324 e. The van der Waals surface area contributed by atoms with Gasteiger partial charge in [0.15, 0.2) is 4.34 Å². The van der Waals surface area contributed by atoms with E-state index in [1.807, 2.05) is 60.0 Å². The smallest absolute Gasteiger partial charge is 0.234 e. The molecular formula is C17H13IN2OS2. The fourth-order valence-electron chi connectivity index (χ4n) is 1.94. The van der Waals surface area contributed by atoms with E-state index in [1.165, 1.54) is 11.8 Å². The van der Waals surface area contributed by atoms with E-state index in [4.69, 9.17) is 0 Å². The molecule has 0 spiro atoms. The first-order valence-electron chi connectivity index (χ1n) is 6.90. The maximum atomic E-state index is 12.1. The molecule has 1 heterocycles. The summed E-state index contributed by atoms with van der Waals surface area (Å²) in [6, 6.07) is 17.8. The number of carbonyl (C=O) groups excluding carboxylic acids is 1. The number of nitrogens with one attached hydrogen (secondary N) is 1. The average Bonchev–Trinajstić information content (AvgIpc) is 3.05. The molecule has 0 aliphatic rings. The van der Waals surface area contributed by atoms with Crippen LogP contribution in [-0.4, -0.2) is 16.6 Å². The SMILES string of the molecule is O=C(CSc1nc(-c2ccccc2)cs1)Nc1ccccc1I. The van der Waals surface area contributed by atoms with Crippen molar-refractivity contribution in [1.29, 1.82) is 0 Å². The van der Waals surface area contributed by atoms with E-state index in [9.17, 15) is 4.79 Å². The molecule has 0 aliphatic carbocycles. The minimum atomic E-state index is -0.0180. The van der Waals surface area contributed by atoms with Crippen molar-refractivity contribution >= 4 is 57.3 Å². The van der Waals surface area contributed by atoms with Gasteiger partial charge in [-0.25, -0.2) is 4.98 Å². The van der Waals surface area contributed by atoms with Crippen LogP contribution in [0.2, 0.25) is 0 Å². The summed E-state index contributed by atoms with van der Waals surface area (Å²) in [6.07, 6.45) is 0. The number of amides is 1. The summed E-state index contributed by atoms with van der Waals surface area (Å²) < 4.78 is 1.94. The van der Waals surface area contributed by atoms with Crippen molar-refractivity contribution in [2.75, 3.05) is 11.1 Å². The van der Waals surface area contributed by atoms with E-state index in [0.29, 0.717) is 5.75 Å². The van der Waals surface area contributed by atoms with Crippen molar-refractivity contribution in [3.05, 3.63) is 63.5 Å². The Kier molecular flexibility index (Phi) is 5.69. The van der Waals surface area contributed by atoms with E-state index in [1.54, 1.807) is 11.3 Å². The molecule has 3 rings (SSSR count). The van der Waals surface area contributed by atoms with Gasteiger partial charge in [-0.15, -0.1) is 11.3 Å². The third-order valence-electron chi connectivity index (χ3n) is 3.03. The molecule has 3 nitrogen and oxygen atoms in total. The van der Waals surface area contributed by atoms with Crippen molar-refractivity contribution in [3.8, 4) is 11.3 Å². The van der Waals surface area contributed by atoms with Gasteiger partial charge in [-0.1, -0.05) is 54.2 Å². The molecule has 0 aliphatic heterocycles. The Morgan fingerprint density at radius 1 is 1.13 bits per heavy atom.